The number of rotatable bonds is 8. The summed E-state index contributed by atoms with van der Waals surface area (Å²) in [6.07, 6.45) is 0. The van der Waals surface area contributed by atoms with Crippen LogP contribution < -0.4 is 4.90 Å². The maximum absolute atomic E-state index is 2.40. The van der Waals surface area contributed by atoms with Crippen LogP contribution in [0, 0.1) is 0 Å². The Morgan fingerprint density at radius 3 is 0.877 bits per heavy atom. The largest absolute Gasteiger partial charge is 0.311 e. The molecule has 0 radical (unpaired) electrons. The minimum Gasteiger partial charge on any atom is -0.311 e. The van der Waals surface area contributed by atoms with Crippen molar-refractivity contribution in [2.75, 3.05) is 4.90 Å². The molecule has 0 aliphatic carbocycles. The summed E-state index contributed by atoms with van der Waals surface area (Å²) in [5.41, 5.74) is 15.5. The maximum Gasteiger partial charge on any atom is 0.0462 e. The highest BCUT2D eigenvalue weighted by atomic mass is 15.1. The lowest BCUT2D eigenvalue weighted by atomic mass is 9.85. The van der Waals surface area contributed by atoms with Crippen molar-refractivity contribution in [1.82, 2.24) is 0 Å². The van der Waals surface area contributed by atoms with E-state index in [0.29, 0.717) is 0 Å². The molecule has 10 rings (SSSR count). The first-order valence-corrected chi connectivity index (χ1v) is 19.6. The van der Waals surface area contributed by atoms with Gasteiger partial charge < -0.3 is 4.90 Å². The molecule has 0 unspecified atom stereocenters. The fraction of sp³-hybridized carbons (Fsp3) is 0. The zero-order chi connectivity index (χ0) is 38.0. The van der Waals surface area contributed by atoms with E-state index in [1.807, 2.05) is 0 Å². The SMILES string of the molecule is c1ccc(-c2ccc(N(c3ccc(-c4ccccc4)cc3)c3ccc(-c4ccc5c(-c6ccccc6)c6ccccc6c(-c6ccccc6)c5c4)cc3)cc2)cc1. The topological polar surface area (TPSA) is 3.24 Å². The molecule has 0 aromatic heterocycles. The van der Waals surface area contributed by atoms with Crippen LogP contribution in [0.15, 0.2) is 237 Å². The molecule has 0 atom stereocenters. The summed E-state index contributed by atoms with van der Waals surface area (Å²) in [6.45, 7) is 0. The van der Waals surface area contributed by atoms with Crippen LogP contribution in [-0.4, -0.2) is 0 Å². The molecule has 10 aromatic rings. The van der Waals surface area contributed by atoms with E-state index >= 15 is 0 Å². The number of hydrogen-bond acceptors (Lipinski definition) is 1. The van der Waals surface area contributed by atoms with Crippen LogP contribution in [0.4, 0.5) is 17.1 Å². The number of fused-ring (bicyclic) bond motifs is 2. The van der Waals surface area contributed by atoms with Crippen LogP contribution in [0.5, 0.6) is 0 Å². The molecule has 0 amide bonds. The lowest BCUT2D eigenvalue weighted by molar-refractivity contribution is 1.28. The quantitative estimate of drug-likeness (QED) is 0.141. The lowest BCUT2D eigenvalue weighted by Gasteiger charge is -2.26. The molecule has 57 heavy (non-hydrogen) atoms. The zero-order valence-corrected chi connectivity index (χ0v) is 31.5. The van der Waals surface area contributed by atoms with Crippen LogP contribution >= 0.6 is 0 Å². The third-order valence-electron chi connectivity index (χ3n) is 11.1. The van der Waals surface area contributed by atoms with Crippen molar-refractivity contribution in [2.24, 2.45) is 0 Å². The Balaban J connectivity index is 1.09. The van der Waals surface area contributed by atoms with Crippen molar-refractivity contribution >= 4 is 38.6 Å². The van der Waals surface area contributed by atoms with Crippen molar-refractivity contribution in [2.45, 2.75) is 0 Å². The van der Waals surface area contributed by atoms with Gasteiger partial charge in [-0.1, -0.05) is 194 Å². The lowest BCUT2D eigenvalue weighted by Crippen LogP contribution is -2.09. The maximum atomic E-state index is 2.40. The highest BCUT2D eigenvalue weighted by Gasteiger charge is 2.18. The first-order chi connectivity index (χ1) is 28.3. The first kappa shape index (κ1) is 34.0. The van der Waals surface area contributed by atoms with E-state index < -0.39 is 0 Å². The molecule has 0 saturated heterocycles. The van der Waals surface area contributed by atoms with Crippen LogP contribution in [-0.2, 0) is 0 Å². The third-order valence-corrected chi connectivity index (χ3v) is 11.1. The average Bonchev–Trinajstić information content (AvgIpc) is 3.30. The Bertz CT molecular complexity index is 2850. The Morgan fingerprint density at radius 2 is 0.474 bits per heavy atom. The van der Waals surface area contributed by atoms with Gasteiger partial charge in [0.1, 0.15) is 0 Å². The van der Waals surface area contributed by atoms with Crippen LogP contribution in [0.2, 0.25) is 0 Å². The Hall–Kier alpha value is -7.48. The summed E-state index contributed by atoms with van der Waals surface area (Å²) in [7, 11) is 0. The predicted molar refractivity (Wildman–Crippen MR) is 243 cm³/mol. The molecule has 0 aliphatic heterocycles. The summed E-state index contributed by atoms with van der Waals surface area (Å²) in [5.74, 6) is 0. The Kier molecular flexibility index (Phi) is 8.95. The van der Waals surface area contributed by atoms with E-state index in [1.54, 1.807) is 0 Å². The van der Waals surface area contributed by atoms with E-state index in [-0.39, 0.29) is 0 Å². The van der Waals surface area contributed by atoms with Crippen molar-refractivity contribution in [3.63, 3.8) is 0 Å². The van der Waals surface area contributed by atoms with E-state index in [0.717, 1.165) is 17.1 Å². The number of nitrogens with zero attached hydrogens (tertiary/aromatic N) is 1. The van der Waals surface area contributed by atoms with Gasteiger partial charge in [-0.15, -0.1) is 0 Å². The van der Waals surface area contributed by atoms with Gasteiger partial charge in [-0.25, -0.2) is 0 Å². The minimum absolute atomic E-state index is 1.10. The highest BCUT2D eigenvalue weighted by molar-refractivity contribution is 6.22. The standard InChI is InChI=1S/C56H39N/c1-5-15-40(16-6-1)42-25-32-48(33-26-42)57(49-34-27-43(28-35-49)41-17-7-2-8-18-41)50-36-29-44(30-37-50)47-31-38-53-54(39-47)56(46-21-11-4-12-22-46)52-24-14-13-23-51(52)55(53)45-19-9-3-10-20-45/h1-39H. The minimum atomic E-state index is 1.10. The number of hydrogen-bond donors (Lipinski definition) is 0. The van der Waals surface area contributed by atoms with Crippen molar-refractivity contribution < 1.29 is 0 Å². The normalized spacial score (nSPS) is 11.2. The molecule has 0 fully saturated rings. The first-order valence-electron chi connectivity index (χ1n) is 19.6. The van der Waals surface area contributed by atoms with Gasteiger partial charge in [0.15, 0.2) is 0 Å². The van der Waals surface area contributed by atoms with Gasteiger partial charge in [0.2, 0.25) is 0 Å². The Labute approximate surface area is 334 Å². The summed E-state index contributed by atoms with van der Waals surface area (Å²) >= 11 is 0. The summed E-state index contributed by atoms with van der Waals surface area (Å²) in [5, 5.41) is 5.03. The molecule has 0 spiro atoms. The zero-order valence-electron chi connectivity index (χ0n) is 31.5. The van der Waals surface area contributed by atoms with Crippen molar-refractivity contribution in [3.8, 4) is 55.6 Å². The van der Waals surface area contributed by atoms with E-state index in [4.69, 9.17) is 0 Å². The fourth-order valence-electron chi connectivity index (χ4n) is 8.31. The Morgan fingerprint density at radius 1 is 0.193 bits per heavy atom. The van der Waals surface area contributed by atoms with Gasteiger partial charge in [-0.05, 0) is 120 Å². The van der Waals surface area contributed by atoms with E-state index in [2.05, 4.69) is 241 Å². The second-order valence-corrected chi connectivity index (χ2v) is 14.5. The molecule has 0 heterocycles. The molecule has 0 saturated carbocycles. The second-order valence-electron chi connectivity index (χ2n) is 14.5. The van der Waals surface area contributed by atoms with Gasteiger partial charge in [0.25, 0.3) is 0 Å². The molecule has 0 N–H and O–H groups in total. The van der Waals surface area contributed by atoms with Gasteiger partial charge in [-0.2, -0.15) is 0 Å². The molecular formula is C56H39N. The van der Waals surface area contributed by atoms with Gasteiger partial charge >= 0.3 is 0 Å². The fourth-order valence-corrected chi connectivity index (χ4v) is 8.31. The smallest absolute Gasteiger partial charge is 0.0462 e. The van der Waals surface area contributed by atoms with Crippen LogP contribution in [0.25, 0.3) is 77.2 Å². The van der Waals surface area contributed by atoms with E-state index in [9.17, 15) is 0 Å². The van der Waals surface area contributed by atoms with E-state index in [1.165, 1.54) is 77.2 Å². The second kappa shape index (κ2) is 15.0. The summed E-state index contributed by atoms with van der Waals surface area (Å²) in [6, 6.07) is 85.5. The average molecular weight is 726 g/mol. The summed E-state index contributed by atoms with van der Waals surface area (Å²) < 4.78 is 0. The van der Waals surface area contributed by atoms with Crippen molar-refractivity contribution in [3.05, 3.63) is 237 Å². The van der Waals surface area contributed by atoms with Gasteiger partial charge in [0, 0.05) is 17.1 Å². The summed E-state index contributed by atoms with van der Waals surface area (Å²) in [4.78, 5) is 2.35. The van der Waals surface area contributed by atoms with Gasteiger partial charge in [0.05, 0.1) is 0 Å². The molecule has 1 nitrogen and oxygen atoms in total. The van der Waals surface area contributed by atoms with Crippen molar-refractivity contribution in [1.29, 1.82) is 0 Å². The predicted octanol–water partition coefficient (Wildman–Crippen LogP) is 15.8. The van der Waals surface area contributed by atoms with Crippen LogP contribution in [0.1, 0.15) is 0 Å². The molecule has 1 heteroatoms. The molecule has 0 bridgehead atoms. The highest BCUT2D eigenvalue weighted by Crippen LogP contribution is 2.45. The monoisotopic (exact) mass is 725 g/mol. The molecular weight excluding hydrogens is 687 g/mol. The number of benzene rings is 10. The number of anilines is 3. The molecule has 10 aromatic carbocycles. The molecule has 268 valence electrons. The molecule has 0 aliphatic rings. The van der Waals surface area contributed by atoms with Gasteiger partial charge in [-0.3, -0.25) is 0 Å². The third kappa shape index (κ3) is 6.56. The van der Waals surface area contributed by atoms with Crippen LogP contribution in [0.3, 0.4) is 0 Å².